The van der Waals surface area contributed by atoms with Crippen LogP contribution < -0.4 is 5.32 Å². The van der Waals surface area contributed by atoms with Crippen LogP contribution in [0.25, 0.3) is 0 Å². The first-order valence-corrected chi connectivity index (χ1v) is 11.4. The quantitative estimate of drug-likeness (QED) is 0.379. The molecular weight excluding hydrogens is 547 g/mol. The molecule has 2 unspecified atom stereocenters. The monoisotopic (exact) mass is 560 g/mol. The maximum atomic E-state index is 12.9. The van der Waals surface area contributed by atoms with Gasteiger partial charge in [0.2, 0.25) is 5.91 Å². The molecule has 2 aromatic carbocycles. The van der Waals surface area contributed by atoms with E-state index in [9.17, 15) is 22.8 Å². The lowest BCUT2D eigenvalue weighted by atomic mass is 10.1. The van der Waals surface area contributed by atoms with Crippen molar-refractivity contribution in [1.29, 1.82) is 0 Å². The molecule has 3 rings (SSSR count). The molecule has 1 aliphatic rings. The minimum Gasteiger partial charge on any atom is -0.341 e. The third-order valence-corrected chi connectivity index (χ3v) is 6.83. The minimum atomic E-state index is -4.40. The molecule has 0 heterocycles. The molecule has 2 aromatic rings. The van der Waals surface area contributed by atoms with E-state index >= 15 is 0 Å². The van der Waals surface area contributed by atoms with Gasteiger partial charge in [-0.1, -0.05) is 34.8 Å². The average Bonchev–Trinajstić information content (AvgIpc) is 3.28. The molecule has 33 heavy (non-hydrogen) atoms. The Morgan fingerprint density at radius 1 is 1.06 bits per heavy atom. The smallest absolute Gasteiger partial charge is 0.341 e. The zero-order valence-electron chi connectivity index (χ0n) is 16.8. The lowest BCUT2D eigenvalue weighted by Crippen LogP contribution is -2.30. The second kappa shape index (κ2) is 9.70. The van der Waals surface area contributed by atoms with Gasteiger partial charge in [-0.15, -0.1) is 23.2 Å². The van der Waals surface area contributed by atoms with Gasteiger partial charge in [0.15, 0.2) is 0 Å². The van der Waals surface area contributed by atoms with Crippen LogP contribution in [0.15, 0.2) is 36.4 Å². The van der Waals surface area contributed by atoms with E-state index in [0.717, 1.165) is 4.90 Å². The molecule has 12 heteroatoms. The van der Waals surface area contributed by atoms with Crippen molar-refractivity contribution < 1.29 is 22.8 Å². The molecule has 0 saturated heterocycles. The summed E-state index contributed by atoms with van der Waals surface area (Å²) in [6.07, 6.45) is -5.56. The summed E-state index contributed by atoms with van der Waals surface area (Å²) in [4.78, 5) is 26.3. The number of carbonyl (C=O) groups excluding carboxylic acids is 2. The van der Waals surface area contributed by atoms with Crippen LogP contribution >= 0.6 is 58.0 Å². The van der Waals surface area contributed by atoms with E-state index in [0.29, 0.717) is 15.6 Å². The van der Waals surface area contributed by atoms with E-state index in [1.807, 2.05) is 0 Å². The predicted molar refractivity (Wildman–Crippen MR) is 125 cm³/mol. The molecule has 1 aliphatic carbocycles. The van der Waals surface area contributed by atoms with E-state index in [4.69, 9.17) is 58.0 Å². The number of rotatable bonds is 6. The standard InChI is InChI=1S/C21H16Cl5F3N2O2/c1-31(5-4-20(27,28)29)19(33)14-9-13(2-3-15(14)24)30-18(32)17-16(21(17,25)26)10-6-11(22)8-12(23)7-10/h2-3,6-9,16-17H,4-5H2,1H3,(H,30,32). The summed E-state index contributed by atoms with van der Waals surface area (Å²) in [5, 5.41) is 3.38. The third kappa shape index (κ3) is 6.20. The van der Waals surface area contributed by atoms with Gasteiger partial charge in [0.25, 0.3) is 5.91 Å². The molecule has 178 valence electrons. The fourth-order valence-electron chi connectivity index (χ4n) is 3.41. The normalized spacial score (nSPS) is 19.2. The molecule has 0 bridgehead atoms. The summed E-state index contributed by atoms with van der Waals surface area (Å²) < 4.78 is 36.0. The highest BCUT2D eigenvalue weighted by Gasteiger charge is 2.67. The zero-order valence-corrected chi connectivity index (χ0v) is 20.6. The van der Waals surface area contributed by atoms with Crippen molar-refractivity contribution in [3.05, 3.63) is 62.6 Å². The number of hydrogen-bond acceptors (Lipinski definition) is 2. The number of anilines is 1. The molecular formula is C21H16Cl5F3N2O2. The Morgan fingerprint density at radius 3 is 2.24 bits per heavy atom. The van der Waals surface area contributed by atoms with Crippen LogP contribution in [0.1, 0.15) is 28.3 Å². The lowest BCUT2D eigenvalue weighted by molar-refractivity contribution is -0.136. The Hall–Kier alpha value is -1.38. The Kier molecular flexibility index (Phi) is 7.71. The molecule has 1 fully saturated rings. The van der Waals surface area contributed by atoms with E-state index < -0.39 is 47.1 Å². The Bertz CT molecular complexity index is 1070. The molecule has 4 nitrogen and oxygen atoms in total. The van der Waals surface area contributed by atoms with E-state index in [1.54, 1.807) is 12.1 Å². The summed E-state index contributed by atoms with van der Waals surface area (Å²) in [5.41, 5.74) is 0.739. The molecule has 2 amide bonds. The molecule has 1 N–H and O–H groups in total. The van der Waals surface area contributed by atoms with Crippen molar-refractivity contribution in [1.82, 2.24) is 4.90 Å². The highest BCUT2D eigenvalue weighted by atomic mass is 35.5. The number of carbonyl (C=O) groups is 2. The largest absolute Gasteiger partial charge is 0.390 e. The Morgan fingerprint density at radius 2 is 1.67 bits per heavy atom. The number of amides is 2. The Balaban J connectivity index is 1.75. The van der Waals surface area contributed by atoms with Gasteiger partial charge in [0, 0.05) is 35.2 Å². The second-order valence-corrected chi connectivity index (χ2v) is 10.3. The van der Waals surface area contributed by atoms with Gasteiger partial charge in [-0.25, -0.2) is 0 Å². The van der Waals surface area contributed by atoms with Crippen LogP contribution in [0.4, 0.5) is 18.9 Å². The first-order chi connectivity index (χ1) is 15.2. The van der Waals surface area contributed by atoms with Gasteiger partial charge in [-0.05, 0) is 42.0 Å². The SMILES string of the molecule is CN(CCC(F)(F)F)C(=O)c1cc(NC(=O)C2C(c3cc(Cl)cc(Cl)c3)C2(Cl)Cl)ccc1Cl. The van der Waals surface area contributed by atoms with Crippen LogP contribution in [0.3, 0.4) is 0 Å². The highest BCUT2D eigenvalue weighted by Crippen LogP contribution is 2.65. The molecule has 0 aliphatic heterocycles. The summed E-state index contributed by atoms with van der Waals surface area (Å²) in [6, 6.07) is 8.85. The molecule has 2 atom stereocenters. The van der Waals surface area contributed by atoms with Gasteiger partial charge in [0.1, 0.15) is 4.33 Å². The fourth-order valence-corrected chi connectivity index (χ4v) is 4.98. The van der Waals surface area contributed by atoms with Gasteiger partial charge in [-0.2, -0.15) is 13.2 Å². The number of benzene rings is 2. The van der Waals surface area contributed by atoms with Crippen LogP contribution in [0.5, 0.6) is 0 Å². The van der Waals surface area contributed by atoms with Crippen molar-refractivity contribution in [3.8, 4) is 0 Å². The maximum absolute atomic E-state index is 12.9. The molecule has 1 saturated carbocycles. The van der Waals surface area contributed by atoms with Crippen molar-refractivity contribution in [3.63, 3.8) is 0 Å². The number of hydrogen-bond donors (Lipinski definition) is 1. The predicted octanol–water partition coefficient (Wildman–Crippen LogP) is 7.20. The van der Waals surface area contributed by atoms with E-state index in [-0.39, 0.29) is 16.3 Å². The van der Waals surface area contributed by atoms with Crippen molar-refractivity contribution in [2.24, 2.45) is 5.92 Å². The summed E-state index contributed by atoms with van der Waals surface area (Å²) in [6.45, 7) is -0.539. The van der Waals surface area contributed by atoms with Crippen LogP contribution in [0, 0.1) is 5.92 Å². The molecule has 0 spiro atoms. The first kappa shape index (κ1) is 26.2. The minimum absolute atomic E-state index is 0.0266. The van der Waals surface area contributed by atoms with Crippen molar-refractivity contribution in [2.75, 3.05) is 18.9 Å². The van der Waals surface area contributed by atoms with Crippen LogP contribution in [0.2, 0.25) is 15.1 Å². The van der Waals surface area contributed by atoms with Gasteiger partial charge >= 0.3 is 6.18 Å². The lowest BCUT2D eigenvalue weighted by Gasteiger charge is -2.19. The maximum Gasteiger partial charge on any atom is 0.390 e. The molecule has 0 radical (unpaired) electrons. The Labute approximate surface area is 212 Å². The topological polar surface area (TPSA) is 49.4 Å². The average molecular weight is 563 g/mol. The summed E-state index contributed by atoms with van der Waals surface area (Å²) >= 11 is 30.8. The third-order valence-electron chi connectivity index (χ3n) is 5.12. The molecule has 0 aromatic heterocycles. The van der Waals surface area contributed by atoms with Gasteiger partial charge in [-0.3, -0.25) is 9.59 Å². The van der Waals surface area contributed by atoms with Crippen molar-refractivity contribution in [2.45, 2.75) is 22.8 Å². The van der Waals surface area contributed by atoms with Crippen LogP contribution in [-0.4, -0.2) is 40.8 Å². The summed E-state index contributed by atoms with van der Waals surface area (Å²) in [5.74, 6) is -2.65. The second-order valence-electron chi connectivity index (χ2n) is 7.61. The van der Waals surface area contributed by atoms with Gasteiger partial charge in [0.05, 0.1) is 22.9 Å². The number of nitrogens with zero attached hydrogens (tertiary/aromatic N) is 1. The van der Waals surface area contributed by atoms with E-state index in [2.05, 4.69) is 5.32 Å². The highest BCUT2D eigenvalue weighted by molar-refractivity contribution is 6.53. The number of nitrogens with one attached hydrogen (secondary N) is 1. The number of alkyl halides is 5. The van der Waals surface area contributed by atoms with Crippen LogP contribution in [-0.2, 0) is 4.79 Å². The number of halogens is 8. The summed E-state index contributed by atoms with van der Waals surface area (Å²) in [7, 11) is 1.23. The fraction of sp³-hybridized carbons (Fsp3) is 0.333. The van der Waals surface area contributed by atoms with Gasteiger partial charge < -0.3 is 10.2 Å². The zero-order chi connectivity index (χ0) is 24.7. The van der Waals surface area contributed by atoms with E-state index in [1.165, 1.54) is 31.3 Å². The van der Waals surface area contributed by atoms with Crippen molar-refractivity contribution >= 4 is 75.5 Å². The first-order valence-electron chi connectivity index (χ1n) is 9.47.